The second-order valence-corrected chi connectivity index (χ2v) is 6.60. The molecule has 0 bridgehead atoms. The highest BCUT2D eigenvalue weighted by atomic mass is 32.2. The van der Waals surface area contributed by atoms with Crippen molar-refractivity contribution in [1.82, 2.24) is 14.9 Å². The number of carbonyl (C=O) groups excluding carboxylic acids is 1. The lowest BCUT2D eigenvalue weighted by molar-refractivity contribution is 0.0900. The van der Waals surface area contributed by atoms with Crippen LogP contribution >= 0.6 is 11.8 Å². The molecule has 0 saturated carbocycles. The molecule has 1 amide bonds. The number of amides is 1. The molecular formula is C17H23N3O2S. The maximum atomic E-state index is 12.3. The van der Waals surface area contributed by atoms with E-state index < -0.39 is 6.10 Å². The van der Waals surface area contributed by atoms with Gasteiger partial charge in [-0.1, -0.05) is 31.7 Å². The van der Waals surface area contributed by atoms with Crippen LogP contribution in [0.25, 0.3) is 5.69 Å². The number of benzene rings is 1. The van der Waals surface area contributed by atoms with Gasteiger partial charge in [0.05, 0.1) is 6.10 Å². The summed E-state index contributed by atoms with van der Waals surface area (Å²) in [5, 5.41) is 13.5. The van der Waals surface area contributed by atoms with Crippen LogP contribution in [0, 0.1) is 5.92 Å². The third-order valence-electron chi connectivity index (χ3n) is 3.42. The Hall–Kier alpha value is -1.79. The first kappa shape index (κ1) is 17.6. The Morgan fingerprint density at radius 3 is 2.91 bits per heavy atom. The van der Waals surface area contributed by atoms with Crippen LogP contribution in [-0.2, 0) is 0 Å². The fourth-order valence-corrected chi connectivity index (χ4v) is 2.90. The number of hydrogen-bond donors (Lipinski definition) is 2. The molecule has 23 heavy (non-hydrogen) atoms. The number of carbonyl (C=O) groups is 1. The van der Waals surface area contributed by atoms with Crippen molar-refractivity contribution in [3.05, 3.63) is 42.2 Å². The number of aliphatic hydroxyl groups excluding tert-OH is 1. The molecule has 0 radical (unpaired) electrons. The number of hydrogen-bond acceptors (Lipinski definition) is 4. The van der Waals surface area contributed by atoms with Gasteiger partial charge in [-0.2, -0.15) is 0 Å². The molecule has 2 rings (SSSR count). The number of thioether (sulfide) groups is 1. The highest BCUT2D eigenvalue weighted by molar-refractivity contribution is 7.98. The van der Waals surface area contributed by atoms with Crippen LogP contribution in [0.5, 0.6) is 0 Å². The van der Waals surface area contributed by atoms with Crippen molar-refractivity contribution in [2.45, 2.75) is 31.5 Å². The Bertz CT molecular complexity index is 655. The van der Waals surface area contributed by atoms with E-state index in [0.717, 1.165) is 10.8 Å². The molecule has 0 spiro atoms. The fraction of sp³-hybridized carbons (Fsp3) is 0.412. The third kappa shape index (κ3) is 4.84. The zero-order chi connectivity index (χ0) is 16.8. The van der Waals surface area contributed by atoms with Crippen molar-refractivity contribution >= 4 is 17.7 Å². The summed E-state index contributed by atoms with van der Waals surface area (Å²) in [5.74, 6) is 0.219. The van der Waals surface area contributed by atoms with Crippen LogP contribution in [-0.4, -0.2) is 39.5 Å². The van der Waals surface area contributed by atoms with Gasteiger partial charge in [0.1, 0.15) is 0 Å². The lowest BCUT2D eigenvalue weighted by Gasteiger charge is -2.14. The quantitative estimate of drug-likeness (QED) is 0.765. The molecule has 1 aromatic heterocycles. The minimum absolute atomic E-state index is 0.180. The normalized spacial score (nSPS) is 12.4. The van der Waals surface area contributed by atoms with E-state index >= 15 is 0 Å². The van der Waals surface area contributed by atoms with Gasteiger partial charge >= 0.3 is 0 Å². The van der Waals surface area contributed by atoms with Gasteiger partial charge in [-0.15, -0.1) is 0 Å². The minimum Gasteiger partial charge on any atom is -0.391 e. The molecule has 124 valence electrons. The number of nitrogens with one attached hydrogen (secondary N) is 1. The van der Waals surface area contributed by atoms with E-state index in [9.17, 15) is 9.90 Å². The largest absolute Gasteiger partial charge is 0.391 e. The smallest absolute Gasteiger partial charge is 0.251 e. The number of imidazole rings is 1. The molecule has 1 heterocycles. The average molecular weight is 333 g/mol. The van der Waals surface area contributed by atoms with Gasteiger partial charge in [-0.3, -0.25) is 9.36 Å². The van der Waals surface area contributed by atoms with Crippen molar-refractivity contribution < 1.29 is 9.90 Å². The molecule has 1 aromatic carbocycles. The van der Waals surface area contributed by atoms with Crippen LogP contribution in [0.4, 0.5) is 0 Å². The zero-order valence-corrected chi connectivity index (χ0v) is 14.5. The molecule has 1 unspecified atom stereocenters. The summed E-state index contributed by atoms with van der Waals surface area (Å²) >= 11 is 1.55. The Kier molecular flexibility index (Phi) is 6.24. The Morgan fingerprint density at radius 2 is 2.22 bits per heavy atom. The molecule has 2 N–H and O–H groups in total. The van der Waals surface area contributed by atoms with E-state index in [1.54, 1.807) is 24.0 Å². The van der Waals surface area contributed by atoms with Gasteiger partial charge < -0.3 is 10.4 Å². The fourth-order valence-electron chi connectivity index (χ4n) is 2.37. The summed E-state index contributed by atoms with van der Waals surface area (Å²) in [6.45, 7) is 4.36. The summed E-state index contributed by atoms with van der Waals surface area (Å²) in [7, 11) is 0. The predicted octanol–water partition coefficient (Wildman–Crippen LogP) is 2.73. The molecule has 5 nitrogen and oxygen atoms in total. The van der Waals surface area contributed by atoms with Gasteiger partial charge in [-0.25, -0.2) is 4.98 Å². The Balaban J connectivity index is 2.06. The molecule has 2 aromatic rings. The second kappa shape index (κ2) is 8.17. The van der Waals surface area contributed by atoms with Crippen molar-refractivity contribution in [3.8, 4) is 5.69 Å². The predicted molar refractivity (Wildman–Crippen MR) is 93.1 cm³/mol. The number of aromatic nitrogens is 2. The first-order valence-corrected chi connectivity index (χ1v) is 8.87. The van der Waals surface area contributed by atoms with Crippen molar-refractivity contribution in [2.24, 2.45) is 5.92 Å². The summed E-state index contributed by atoms with van der Waals surface area (Å²) in [6.07, 6.45) is 5.73. The maximum Gasteiger partial charge on any atom is 0.251 e. The van der Waals surface area contributed by atoms with Gasteiger partial charge in [-0.05, 0) is 36.8 Å². The van der Waals surface area contributed by atoms with Crippen LogP contribution in [0.2, 0.25) is 0 Å². The zero-order valence-electron chi connectivity index (χ0n) is 13.7. The number of nitrogens with zero attached hydrogens (tertiary/aromatic N) is 2. The van der Waals surface area contributed by atoms with Gasteiger partial charge in [0.2, 0.25) is 0 Å². The molecule has 0 saturated heterocycles. The average Bonchev–Trinajstić information content (AvgIpc) is 3.00. The van der Waals surface area contributed by atoms with Gasteiger partial charge in [0.15, 0.2) is 5.16 Å². The van der Waals surface area contributed by atoms with Crippen LogP contribution in [0.15, 0.2) is 41.8 Å². The Morgan fingerprint density at radius 1 is 1.43 bits per heavy atom. The molecular weight excluding hydrogens is 310 g/mol. The molecule has 6 heteroatoms. The molecule has 1 atom stereocenters. The molecule has 0 fully saturated rings. The molecule has 0 aliphatic carbocycles. The van der Waals surface area contributed by atoms with E-state index in [-0.39, 0.29) is 12.5 Å². The van der Waals surface area contributed by atoms with E-state index in [0.29, 0.717) is 17.9 Å². The first-order chi connectivity index (χ1) is 11.0. The SMILES string of the molecule is CSc1nccn1-c1cccc(C(=O)NCC(O)CC(C)C)c1. The van der Waals surface area contributed by atoms with E-state index in [1.807, 2.05) is 49.1 Å². The Labute approximate surface area is 141 Å². The molecule has 0 aliphatic heterocycles. The standard InChI is InChI=1S/C17H23N3O2S/c1-12(2)9-15(21)11-19-16(22)13-5-4-6-14(10-13)20-8-7-18-17(20)23-3/h4-8,10,12,15,21H,9,11H2,1-3H3,(H,19,22). The highest BCUT2D eigenvalue weighted by Crippen LogP contribution is 2.19. The monoisotopic (exact) mass is 333 g/mol. The minimum atomic E-state index is -0.515. The van der Waals surface area contributed by atoms with Gasteiger partial charge in [0, 0.05) is 30.2 Å². The maximum absolute atomic E-state index is 12.3. The number of aliphatic hydroxyl groups is 1. The topological polar surface area (TPSA) is 67.2 Å². The van der Waals surface area contributed by atoms with Crippen molar-refractivity contribution in [3.63, 3.8) is 0 Å². The summed E-state index contributed by atoms with van der Waals surface area (Å²) in [4.78, 5) is 16.5. The third-order valence-corrected chi connectivity index (χ3v) is 4.08. The van der Waals surface area contributed by atoms with E-state index in [1.165, 1.54) is 0 Å². The first-order valence-electron chi connectivity index (χ1n) is 7.65. The van der Waals surface area contributed by atoms with Gasteiger partial charge in [0.25, 0.3) is 5.91 Å². The van der Waals surface area contributed by atoms with E-state index in [2.05, 4.69) is 10.3 Å². The van der Waals surface area contributed by atoms with Crippen molar-refractivity contribution in [1.29, 1.82) is 0 Å². The van der Waals surface area contributed by atoms with Crippen LogP contribution in [0.1, 0.15) is 30.6 Å². The van der Waals surface area contributed by atoms with Crippen molar-refractivity contribution in [2.75, 3.05) is 12.8 Å². The number of rotatable bonds is 7. The van der Waals surface area contributed by atoms with E-state index in [4.69, 9.17) is 0 Å². The summed E-state index contributed by atoms with van der Waals surface area (Å²) in [5.41, 5.74) is 1.46. The second-order valence-electron chi connectivity index (χ2n) is 5.83. The summed E-state index contributed by atoms with van der Waals surface area (Å²) < 4.78 is 1.94. The molecule has 0 aliphatic rings. The summed E-state index contributed by atoms with van der Waals surface area (Å²) in [6, 6.07) is 7.37. The lowest BCUT2D eigenvalue weighted by atomic mass is 10.1. The highest BCUT2D eigenvalue weighted by Gasteiger charge is 2.12. The van der Waals surface area contributed by atoms with Crippen LogP contribution < -0.4 is 5.32 Å². The van der Waals surface area contributed by atoms with Crippen LogP contribution in [0.3, 0.4) is 0 Å². The lowest BCUT2D eigenvalue weighted by Crippen LogP contribution is -2.32.